The Balaban J connectivity index is 1.64. The van der Waals surface area contributed by atoms with Crippen LogP contribution in [0.2, 0.25) is 0 Å². The van der Waals surface area contributed by atoms with E-state index in [4.69, 9.17) is 5.73 Å². The SMILES string of the molecule is CC(C)c1[nH]nc(C(=O)NCC2(C3CC3)CC2)c1N. The van der Waals surface area contributed by atoms with Gasteiger partial charge in [-0.05, 0) is 42.9 Å². The van der Waals surface area contributed by atoms with E-state index in [9.17, 15) is 4.79 Å². The molecule has 2 aliphatic rings. The van der Waals surface area contributed by atoms with Crippen LogP contribution < -0.4 is 11.1 Å². The maximum absolute atomic E-state index is 12.1. The standard InChI is InChI=1S/C14H22N4O/c1-8(2)11-10(15)12(18-17-11)13(19)16-7-14(5-6-14)9-3-4-9/h8-9H,3-7,15H2,1-2H3,(H,16,19)(H,17,18). The lowest BCUT2D eigenvalue weighted by Gasteiger charge is -2.14. The van der Waals surface area contributed by atoms with Gasteiger partial charge in [0.05, 0.1) is 11.4 Å². The second kappa shape index (κ2) is 4.25. The van der Waals surface area contributed by atoms with Crippen molar-refractivity contribution in [1.82, 2.24) is 15.5 Å². The first-order valence-corrected chi connectivity index (χ1v) is 7.15. The summed E-state index contributed by atoms with van der Waals surface area (Å²) >= 11 is 0. The smallest absolute Gasteiger partial charge is 0.273 e. The van der Waals surface area contributed by atoms with Gasteiger partial charge in [-0.1, -0.05) is 13.8 Å². The first kappa shape index (κ1) is 12.5. The Hall–Kier alpha value is -1.52. The van der Waals surface area contributed by atoms with E-state index < -0.39 is 0 Å². The van der Waals surface area contributed by atoms with Crippen molar-refractivity contribution in [3.8, 4) is 0 Å². The zero-order valence-electron chi connectivity index (χ0n) is 11.6. The van der Waals surface area contributed by atoms with Gasteiger partial charge >= 0.3 is 0 Å². The molecule has 4 N–H and O–H groups in total. The van der Waals surface area contributed by atoms with Crippen molar-refractivity contribution in [2.24, 2.45) is 11.3 Å². The summed E-state index contributed by atoms with van der Waals surface area (Å²) in [7, 11) is 0. The highest BCUT2D eigenvalue weighted by Gasteiger charge is 2.53. The van der Waals surface area contributed by atoms with Gasteiger partial charge in [0.1, 0.15) is 0 Å². The molecule has 5 heteroatoms. The van der Waals surface area contributed by atoms with E-state index in [-0.39, 0.29) is 11.8 Å². The summed E-state index contributed by atoms with van der Waals surface area (Å²) in [4.78, 5) is 12.1. The molecule has 3 rings (SSSR count). The van der Waals surface area contributed by atoms with Crippen LogP contribution >= 0.6 is 0 Å². The molecule has 104 valence electrons. The van der Waals surface area contributed by atoms with E-state index in [1.54, 1.807) is 0 Å². The zero-order chi connectivity index (χ0) is 13.6. The highest BCUT2D eigenvalue weighted by Crippen LogP contribution is 2.60. The summed E-state index contributed by atoms with van der Waals surface area (Å²) in [6.07, 6.45) is 5.17. The summed E-state index contributed by atoms with van der Waals surface area (Å²) < 4.78 is 0. The number of carbonyl (C=O) groups excluding carboxylic acids is 1. The average Bonchev–Trinajstić information content (AvgIpc) is 3.23. The number of aromatic amines is 1. The summed E-state index contributed by atoms with van der Waals surface area (Å²) in [5, 5.41) is 9.94. The molecule has 0 aliphatic heterocycles. The number of nitrogen functional groups attached to an aromatic ring is 1. The number of carbonyl (C=O) groups is 1. The maximum Gasteiger partial charge on any atom is 0.273 e. The molecular formula is C14H22N4O. The van der Waals surface area contributed by atoms with Gasteiger partial charge in [0.25, 0.3) is 5.91 Å². The Kier molecular flexibility index (Phi) is 2.80. The number of H-pyrrole nitrogens is 1. The number of amides is 1. The molecule has 2 saturated carbocycles. The van der Waals surface area contributed by atoms with Crippen LogP contribution in [0.5, 0.6) is 0 Å². The second-order valence-electron chi connectivity index (χ2n) is 6.37. The van der Waals surface area contributed by atoms with Crippen molar-refractivity contribution in [2.75, 3.05) is 12.3 Å². The van der Waals surface area contributed by atoms with E-state index in [1.807, 2.05) is 13.8 Å². The second-order valence-corrected chi connectivity index (χ2v) is 6.37. The summed E-state index contributed by atoms with van der Waals surface area (Å²) in [5.74, 6) is 0.943. The van der Waals surface area contributed by atoms with Crippen molar-refractivity contribution < 1.29 is 4.79 Å². The fourth-order valence-corrected chi connectivity index (χ4v) is 2.90. The number of rotatable bonds is 5. The summed E-state index contributed by atoms with van der Waals surface area (Å²) in [6.45, 7) is 4.83. The van der Waals surface area contributed by atoms with Crippen LogP contribution in [0.25, 0.3) is 0 Å². The van der Waals surface area contributed by atoms with Gasteiger partial charge in [-0.15, -0.1) is 0 Å². The normalized spacial score (nSPS) is 20.6. The summed E-state index contributed by atoms with van der Waals surface area (Å²) in [6, 6.07) is 0. The number of anilines is 1. The number of aromatic nitrogens is 2. The molecule has 1 aromatic heterocycles. The van der Waals surface area contributed by atoms with Crippen molar-refractivity contribution in [2.45, 2.75) is 45.4 Å². The Labute approximate surface area is 113 Å². The zero-order valence-corrected chi connectivity index (χ0v) is 11.6. The van der Waals surface area contributed by atoms with Crippen LogP contribution in [-0.4, -0.2) is 22.6 Å². The summed E-state index contributed by atoms with van der Waals surface area (Å²) in [5.41, 5.74) is 8.06. The molecular weight excluding hydrogens is 240 g/mol. The lowest BCUT2D eigenvalue weighted by atomic mass is 10.0. The predicted octanol–water partition coefficient (Wildman–Crippen LogP) is 2.04. The van der Waals surface area contributed by atoms with E-state index in [0.29, 0.717) is 16.8 Å². The highest BCUT2D eigenvalue weighted by molar-refractivity contribution is 5.97. The van der Waals surface area contributed by atoms with Crippen molar-refractivity contribution in [3.63, 3.8) is 0 Å². The van der Waals surface area contributed by atoms with Crippen LogP contribution in [0.15, 0.2) is 0 Å². The highest BCUT2D eigenvalue weighted by atomic mass is 16.2. The van der Waals surface area contributed by atoms with Gasteiger partial charge in [0.2, 0.25) is 0 Å². The Morgan fingerprint density at radius 1 is 1.53 bits per heavy atom. The molecule has 2 aliphatic carbocycles. The minimum absolute atomic E-state index is 0.146. The largest absolute Gasteiger partial charge is 0.395 e. The Morgan fingerprint density at radius 3 is 2.68 bits per heavy atom. The topological polar surface area (TPSA) is 83.8 Å². The molecule has 0 radical (unpaired) electrons. The van der Waals surface area contributed by atoms with Crippen molar-refractivity contribution in [3.05, 3.63) is 11.4 Å². The molecule has 19 heavy (non-hydrogen) atoms. The first-order valence-electron chi connectivity index (χ1n) is 7.15. The molecule has 0 unspecified atom stereocenters. The first-order chi connectivity index (χ1) is 9.03. The fraction of sp³-hybridized carbons (Fsp3) is 0.714. The van der Waals surface area contributed by atoms with Crippen LogP contribution in [-0.2, 0) is 0 Å². The van der Waals surface area contributed by atoms with Gasteiger partial charge in [0.15, 0.2) is 5.69 Å². The van der Waals surface area contributed by atoms with Crippen LogP contribution in [0.3, 0.4) is 0 Å². The predicted molar refractivity (Wildman–Crippen MR) is 73.8 cm³/mol. The molecule has 0 bridgehead atoms. The Bertz CT molecular complexity index is 498. The molecule has 0 atom stereocenters. The van der Waals surface area contributed by atoms with Gasteiger partial charge < -0.3 is 11.1 Å². The maximum atomic E-state index is 12.1. The number of hydrogen-bond donors (Lipinski definition) is 3. The van der Waals surface area contributed by atoms with Gasteiger partial charge in [0, 0.05) is 6.54 Å². The van der Waals surface area contributed by atoms with E-state index >= 15 is 0 Å². The molecule has 0 saturated heterocycles. The van der Waals surface area contributed by atoms with Gasteiger partial charge in [-0.2, -0.15) is 5.10 Å². The van der Waals surface area contributed by atoms with Crippen LogP contribution in [0, 0.1) is 11.3 Å². The minimum Gasteiger partial charge on any atom is -0.395 e. The molecule has 1 heterocycles. The number of nitrogens with one attached hydrogen (secondary N) is 2. The third-order valence-corrected chi connectivity index (χ3v) is 4.56. The van der Waals surface area contributed by atoms with E-state index in [2.05, 4.69) is 15.5 Å². The molecule has 0 spiro atoms. The van der Waals surface area contributed by atoms with Crippen LogP contribution in [0.4, 0.5) is 5.69 Å². The molecule has 0 aromatic carbocycles. The van der Waals surface area contributed by atoms with Crippen molar-refractivity contribution in [1.29, 1.82) is 0 Å². The molecule has 2 fully saturated rings. The Morgan fingerprint density at radius 2 is 2.21 bits per heavy atom. The fourth-order valence-electron chi connectivity index (χ4n) is 2.90. The molecule has 5 nitrogen and oxygen atoms in total. The molecule has 1 amide bonds. The monoisotopic (exact) mass is 262 g/mol. The third kappa shape index (κ3) is 2.22. The average molecular weight is 262 g/mol. The minimum atomic E-state index is -0.146. The number of nitrogens with two attached hydrogens (primary N) is 1. The van der Waals surface area contributed by atoms with Crippen molar-refractivity contribution >= 4 is 11.6 Å². The number of nitrogens with zero attached hydrogens (tertiary/aromatic N) is 1. The lowest BCUT2D eigenvalue weighted by Crippen LogP contribution is -2.31. The van der Waals surface area contributed by atoms with Crippen LogP contribution in [0.1, 0.15) is 61.6 Å². The van der Waals surface area contributed by atoms with E-state index in [1.165, 1.54) is 25.7 Å². The quantitative estimate of drug-likeness (QED) is 0.759. The van der Waals surface area contributed by atoms with Gasteiger partial charge in [-0.3, -0.25) is 9.89 Å². The lowest BCUT2D eigenvalue weighted by molar-refractivity contribution is 0.0938. The van der Waals surface area contributed by atoms with Gasteiger partial charge in [-0.25, -0.2) is 0 Å². The molecule has 1 aromatic rings. The van der Waals surface area contributed by atoms with E-state index in [0.717, 1.165) is 18.2 Å². The third-order valence-electron chi connectivity index (χ3n) is 4.56. The number of hydrogen-bond acceptors (Lipinski definition) is 3.